The summed E-state index contributed by atoms with van der Waals surface area (Å²) in [5.41, 5.74) is 5.50. The molecule has 2 aromatic carbocycles. The van der Waals surface area contributed by atoms with Gasteiger partial charge in [-0.1, -0.05) is 6.07 Å². The average Bonchev–Trinajstić information content (AvgIpc) is 3.27. The second-order valence-electron chi connectivity index (χ2n) is 8.46. The summed E-state index contributed by atoms with van der Waals surface area (Å²) in [6.45, 7) is 6.57. The van der Waals surface area contributed by atoms with E-state index >= 15 is 0 Å². The molecule has 160 valence electrons. The average molecular weight is 419 g/mol. The van der Waals surface area contributed by atoms with Gasteiger partial charge in [-0.05, 0) is 80.8 Å². The highest BCUT2D eigenvalue weighted by molar-refractivity contribution is 5.89. The Labute approximate surface area is 182 Å². The molecule has 2 amide bonds. The number of hydrogen-bond donors (Lipinski definition) is 1. The molecule has 0 aliphatic carbocycles. The molecule has 5 rings (SSSR count). The Balaban J connectivity index is 1.41. The van der Waals surface area contributed by atoms with Crippen LogP contribution in [0.4, 0.5) is 20.6 Å². The molecule has 6 heteroatoms. The van der Waals surface area contributed by atoms with Crippen LogP contribution in [0.5, 0.6) is 0 Å². The molecule has 31 heavy (non-hydrogen) atoms. The number of rotatable bonds is 2. The predicted octanol–water partition coefficient (Wildman–Crippen LogP) is 5.29. The summed E-state index contributed by atoms with van der Waals surface area (Å²) in [6.07, 6.45) is 3.86. The van der Waals surface area contributed by atoms with E-state index < -0.39 is 0 Å². The number of piperidine rings is 1. The number of benzene rings is 2. The first-order valence-corrected chi connectivity index (χ1v) is 10.9. The highest BCUT2D eigenvalue weighted by Gasteiger charge is 2.46. The molecule has 0 saturated carbocycles. The van der Waals surface area contributed by atoms with Crippen molar-refractivity contribution in [1.82, 2.24) is 9.47 Å². The molecule has 5 nitrogen and oxygen atoms in total. The van der Waals surface area contributed by atoms with E-state index in [0.29, 0.717) is 18.8 Å². The van der Waals surface area contributed by atoms with Crippen LogP contribution >= 0.6 is 0 Å². The maximum absolute atomic E-state index is 13.1. The number of anilines is 2. The van der Waals surface area contributed by atoms with Gasteiger partial charge in [0.1, 0.15) is 5.82 Å². The number of urea groups is 1. The Morgan fingerprint density at radius 1 is 1.06 bits per heavy atom. The van der Waals surface area contributed by atoms with Crippen molar-refractivity contribution < 1.29 is 9.18 Å². The number of likely N-dealkylation sites (tertiary alicyclic amines) is 1. The van der Waals surface area contributed by atoms with Gasteiger partial charge in [0.25, 0.3) is 0 Å². The minimum atomic E-state index is -0.312. The lowest BCUT2D eigenvalue weighted by molar-refractivity contribution is 0.161. The van der Waals surface area contributed by atoms with Gasteiger partial charge in [0.05, 0.1) is 16.9 Å². The van der Waals surface area contributed by atoms with Gasteiger partial charge in [-0.15, -0.1) is 0 Å². The lowest BCUT2D eigenvalue weighted by Gasteiger charge is -2.53. The molecular weight excluding hydrogens is 391 g/mol. The van der Waals surface area contributed by atoms with Gasteiger partial charge in [0, 0.05) is 37.2 Å². The van der Waals surface area contributed by atoms with Crippen LogP contribution in [-0.2, 0) is 5.54 Å². The number of fused-ring (bicyclic) bond motifs is 4. The molecular formula is C25H27FN4O. The lowest BCUT2D eigenvalue weighted by Crippen LogP contribution is -2.57. The zero-order chi connectivity index (χ0) is 21.6. The maximum Gasteiger partial charge on any atom is 0.321 e. The second kappa shape index (κ2) is 7.45. The van der Waals surface area contributed by atoms with Crippen molar-refractivity contribution in [2.24, 2.45) is 0 Å². The molecule has 3 aromatic rings. The quantitative estimate of drug-likeness (QED) is 0.614. The Hall–Kier alpha value is -3.28. The van der Waals surface area contributed by atoms with Crippen molar-refractivity contribution >= 4 is 17.4 Å². The predicted molar refractivity (Wildman–Crippen MR) is 121 cm³/mol. The van der Waals surface area contributed by atoms with Crippen molar-refractivity contribution in [2.75, 3.05) is 29.9 Å². The molecule has 1 saturated heterocycles. The molecule has 0 radical (unpaired) electrons. The van der Waals surface area contributed by atoms with Crippen LogP contribution in [0, 0.1) is 12.7 Å². The van der Waals surface area contributed by atoms with Gasteiger partial charge in [0.15, 0.2) is 0 Å². The fraction of sp³-hybridized carbons (Fsp3) is 0.320. The van der Waals surface area contributed by atoms with Crippen molar-refractivity contribution in [3.8, 4) is 5.69 Å². The molecule has 3 heterocycles. The smallest absolute Gasteiger partial charge is 0.321 e. The summed E-state index contributed by atoms with van der Waals surface area (Å²) in [4.78, 5) is 17.2. The topological polar surface area (TPSA) is 40.5 Å². The van der Waals surface area contributed by atoms with E-state index in [1.807, 2.05) is 4.90 Å². The first-order chi connectivity index (χ1) is 15.0. The Kier molecular flexibility index (Phi) is 4.73. The molecule has 2 aliphatic heterocycles. The molecule has 0 atom stereocenters. The zero-order valence-electron chi connectivity index (χ0n) is 17.9. The fourth-order valence-electron chi connectivity index (χ4n) is 5.21. The third-order valence-corrected chi connectivity index (χ3v) is 6.71. The van der Waals surface area contributed by atoms with Gasteiger partial charge < -0.3 is 19.7 Å². The van der Waals surface area contributed by atoms with E-state index in [-0.39, 0.29) is 17.4 Å². The van der Waals surface area contributed by atoms with Gasteiger partial charge >= 0.3 is 6.03 Å². The van der Waals surface area contributed by atoms with Crippen LogP contribution < -0.4 is 10.2 Å². The number of hydrogen-bond acceptors (Lipinski definition) is 2. The lowest BCUT2D eigenvalue weighted by atomic mass is 9.80. The molecule has 0 unspecified atom stereocenters. The first kappa shape index (κ1) is 19.7. The fourth-order valence-corrected chi connectivity index (χ4v) is 5.21. The SMILES string of the molecule is CCN1c2cc(C)ccc2-n2cccc2C12CCN(C(=O)Nc1ccc(F)cc1)CC2. The second-order valence-corrected chi connectivity index (χ2v) is 8.46. The van der Waals surface area contributed by atoms with Gasteiger partial charge in [-0.25, -0.2) is 9.18 Å². The molecule has 1 aromatic heterocycles. The summed E-state index contributed by atoms with van der Waals surface area (Å²) in [6, 6.07) is 16.7. The number of aromatic nitrogens is 1. The van der Waals surface area contributed by atoms with Crippen LogP contribution in [0.25, 0.3) is 5.69 Å². The van der Waals surface area contributed by atoms with Crippen molar-refractivity contribution in [1.29, 1.82) is 0 Å². The van der Waals surface area contributed by atoms with Gasteiger partial charge in [-0.3, -0.25) is 0 Å². The molecule has 1 spiro atoms. The Bertz CT molecular complexity index is 1110. The minimum Gasteiger partial charge on any atom is -0.359 e. The van der Waals surface area contributed by atoms with Gasteiger partial charge in [0.2, 0.25) is 0 Å². The molecule has 1 N–H and O–H groups in total. The largest absolute Gasteiger partial charge is 0.359 e. The van der Waals surface area contributed by atoms with Crippen molar-refractivity contribution in [3.63, 3.8) is 0 Å². The highest BCUT2D eigenvalue weighted by Crippen LogP contribution is 2.48. The zero-order valence-corrected chi connectivity index (χ0v) is 17.9. The highest BCUT2D eigenvalue weighted by atomic mass is 19.1. The van der Waals surface area contributed by atoms with E-state index in [4.69, 9.17) is 0 Å². The molecule has 0 bridgehead atoms. The van der Waals surface area contributed by atoms with Crippen LogP contribution in [0.1, 0.15) is 31.0 Å². The molecule has 2 aliphatic rings. The van der Waals surface area contributed by atoms with Crippen LogP contribution in [0.2, 0.25) is 0 Å². The van der Waals surface area contributed by atoms with E-state index in [1.165, 1.54) is 34.8 Å². The number of carbonyl (C=O) groups excluding carboxylic acids is 1. The Morgan fingerprint density at radius 2 is 1.81 bits per heavy atom. The van der Waals surface area contributed by atoms with E-state index in [2.05, 4.69) is 65.2 Å². The summed E-state index contributed by atoms with van der Waals surface area (Å²) in [5.74, 6) is -0.312. The summed E-state index contributed by atoms with van der Waals surface area (Å²) in [7, 11) is 0. The van der Waals surface area contributed by atoms with Crippen LogP contribution in [0.3, 0.4) is 0 Å². The Morgan fingerprint density at radius 3 is 2.52 bits per heavy atom. The third kappa shape index (κ3) is 3.17. The van der Waals surface area contributed by atoms with E-state index in [1.54, 1.807) is 12.1 Å². The number of carbonyl (C=O) groups is 1. The first-order valence-electron chi connectivity index (χ1n) is 10.9. The standard InChI is InChI=1S/C25H27FN4O/c1-3-30-22-17-18(2)6-11-21(22)29-14-4-5-23(29)25(30)12-15-28(16-13-25)24(31)27-20-9-7-19(26)8-10-20/h4-11,14,17H,3,12-13,15-16H2,1-2H3,(H,27,31). The molecule has 1 fully saturated rings. The maximum atomic E-state index is 13.1. The number of nitrogens with zero attached hydrogens (tertiary/aromatic N) is 3. The summed E-state index contributed by atoms with van der Waals surface area (Å²) >= 11 is 0. The van der Waals surface area contributed by atoms with E-state index in [0.717, 1.165) is 19.4 Å². The van der Waals surface area contributed by atoms with E-state index in [9.17, 15) is 9.18 Å². The summed E-state index contributed by atoms with van der Waals surface area (Å²) in [5, 5.41) is 2.89. The minimum absolute atomic E-state index is 0.132. The van der Waals surface area contributed by atoms with Gasteiger partial charge in [-0.2, -0.15) is 0 Å². The van der Waals surface area contributed by atoms with Crippen LogP contribution in [-0.4, -0.2) is 35.1 Å². The van der Waals surface area contributed by atoms with Crippen LogP contribution in [0.15, 0.2) is 60.8 Å². The third-order valence-electron chi connectivity index (χ3n) is 6.71. The number of halogens is 1. The summed E-state index contributed by atoms with van der Waals surface area (Å²) < 4.78 is 15.5. The van der Waals surface area contributed by atoms with Crippen molar-refractivity contribution in [3.05, 3.63) is 77.9 Å². The number of nitrogens with one attached hydrogen (secondary N) is 1. The normalized spacial score (nSPS) is 16.7. The number of amides is 2. The number of aryl methyl sites for hydroxylation is 1. The monoisotopic (exact) mass is 418 g/mol. The van der Waals surface area contributed by atoms with Crippen molar-refractivity contribution in [2.45, 2.75) is 32.2 Å².